The Morgan fingerprint density at radius 1 is 0.311 bits per heavy atom. The second-order valence-electron chi connectivity index (χ2n) is 38.8. The van der Waals surface area contributed by atoms with Crippen molar-refractivity contribution in [2.24, 2.45) is 69.9 Å². The Labute approximate surface area is 734 Å². The highest BCUT2D eigenvalue weighted by Crippen LogP contribution is 2.40. The van der Waals surface area contributed by atoms with Crippen molar-refractivity contribution in [3.05, 3.63) is 142 Å². The lowest BCUT2D eigenvalue weighted by molar-refractivity contribution is -0.950. The molecule has 3 fully saturated rings. The van der Waals surface area contributed by atoms with Gasteiger partial charge in [0.15, 0.2) is 41.7 Å². The summed E-state index contributed by atoms with van der Waals surface area (Å²) >= 11 is 0. The predicted molar refractivity (Wildman–Crippen MR) is 506 cm³/mol. The van der Waals surface area contributed by atoms with Crippen molar-refractivity contribution in [1.29, 1.82) is 0 Å². The first kappa shape index (κ1) is 110. The van der Waals surface area contributed by atoms with Gasteiger partial charge in [-0.15, -0.1) is 0 Å². The number of pyridine rings is 1. The Bertz CT molecular complexity index is 3770. The van der Waals surface area contributed by atoms with E-state index in [-0.39, 0.29) is 6.23 Å². The largest absolute Gasteiger partial charge is 0.474 e. The molecular formula is C100H190N17O2+7. The van der Waals surface area contributed by atoms with E-state index in [2.05, 4.69) is 378 Å². The predicted octanol–water partition coefficient (Wildman–Crippen LogP) is 17.8. The van der Waals surface area contributed by atoms with Gasteiger partial charge in [-0.1, -0.05) is 44.3 Å². The highest BCUT2D eigenvalue weighted by atomic mass is 16.5. The molecule has 6 aliphatic rings. The number of morpholine rings is 1. The summed E-state index contributed by atoms with van der Waals surface area (Å²) in [6.45, 7) is 91.8. The number of piperidine rings is 1. The van der Waals surface area contributed by atoms with Crippen LogP contribution in [0, 0.1) is 175 Å². The van der Waals surface area contributed by atoms with Gasteiger partial charge in [-0.2, -0.15) is 9.67 Å². The van der Waals surface area contributed by atoms with Crippen molar-refractivity contribution in [3.8, 4) is 0 Å². The summed E-state index contributed by atoms with van der Waals surface area (Å²) < 4.78 is 25.4. The molecule has 19 heteroatoms. The van der Waals surface area contributed by atoms with Crippen LogP contribution >= 0.6 is 0 Å². The molecule has 0 aliphatic carbocycles. The summed E-state index contributed by atoms with van der Waals surface area (Å²) in [4.78, 5) is 17.6. The van der Waals surface area contributed by atoms with Crippen LogP contribution in [0.1, 0.15) is 264 Å². The van der Waals surface area contributed by atoms with Gasteiger partial charge in [0.25, 0.3) is 5.82 Å². The molecule has 14 unspecified atom stereocenters. The summed E-state index contributed by atoms with van der Waals surface area (Å²) in [6, 6.07) is 4.41. The van der Waals surface area contributed by atoms with E-state index >= 15 is 0 Å². The van der Waals surface area contributed by atoms with Gasteiger partial charge in [0, 0.05) is 159 Å². The number of amidine groups is 1. The second-order valence-corrected chi connectivity index (χ2v) is 38.8. The van der Waals surface area contributed by atoms with E-state index in [0.29, 0.717) is 36.6 Å². The van der Waals surface area contributed by atoms with Gasteiger partial charge in [0.05, 0.1) is 85.4 Å². The van der Waals surface area contributed by atoms with Gasteiger partial charge in [0.2, 0.25) is 5.69 Å². The number of ether oxygens (including phenoxy) is 2. The Hall–Kier alpha value is -6.54. The third-order valence-electron chi connectivity index (χ3n) is 33.3. The zero-order chi connectivity index (χ0) is 93.8. The highest BCUT2D eigenvalue weighted by Gasteiger charge is 2.49. The van der Waals surface area contributed by atoms with E-state index in [9.17, 15) is 0 Å². The van der Waals surface area contributed by atoms with Crippen LogP contribution in [0.4, 0.5) is 0 Å². The zero-order valence-corrected chi connectivity index (χ0v) is 88.7. The Balaban J connectivity index is 0.000000655. The molecule has 11 rings (SSSR count). The Morgan fingerprint density at radius 2 is 0.647 bits per heavy atom. The normalized spacial score (nSPS) is 25.6. The minimum atomic E-state index is 0.227. The third-order valence-corrected chi connectivity index (χ3v) is 33.3. The molecule has 14 atom stereocenters. The van der Waals surface area contributed by atoms with Gasteiger partial charge in [-0.05, 0) is 241 Å². The lowest BCUT2D eigenvalue weighted by atomic mass is 9.72. The maximum Gasteiger partial charge on any atom is 0.295 e. The SMILES string of the molecule is CC1=C(C)N(C)C(C)N1C.CC1=C(C)N(C)C(C)O1.CC1=NN(C)C(C)N1C.CC1C(C)C(C)[N+](C)(C)C(C)C1C.CC1C(C)C(C)[N+](C)(C)C1C.CC1OC(C)C(C)[N+](C)(C)C1C.Cc1c(C)c(C)[n+](C)c(C)c1C.Cc1c(C)c(C)n(C)c1C.Cc1n[n+](C)c(C)c(C)c1C.Cc1nc(C)[n+](C)c(C)c1C.Cc1nc(C)c(C)[n+](C)c1C. The molecule has 119 heavy (non-hydrogen) atoms. The van der Waals surface area contributed by atoms with Crippen molar-refractivity contribution in [2.45, 2.75) is 358 Å². The Kier molecular flexibility index (Phi) is 42.0. The monoisotopic (exact) mass is 1660 g/mol. The van der Waals surface area contributed by atoms with Gasteiger partial charge in [-0.25, -0.2) is 14.1 Å². The van der Waals surface area contributed by atoms with Crippen molar-refractivity contribution < 1.29 is 41.3 Å². The molecule has 0 spiro atoms. The number of quaternary nitrogens is 3. The first-order chi connectivity index (χ1) is 54.0. The quantitative estimate of drug-likeness (QED) is 0.110. The number of rotatable bonds is 0. The number of nitrogens with zero attached hydrogens (tertiary/aromatic N) is 17. The molecule has 6 aliphatic heterocycles. The van der Waals surface area contributed by atoms with E-state index in [0.717, 1.165) is 98.4 Å². The molecule has 680 valence electrons. The van der Waals surface area contributed by atoms with E-state index in [1.54, 1.807) is 0 Å². The summed E-state index contributed by atoms with van der Waals surface area (Å²) in [7, 11) is 34.8. The molecular weight excluding hydrogens is 1470 g/mol. The lowest BCUT2D eigenvalue weighted by Gasteiger charge is -2.53. The van der Waals surface area contributed by atoms with Crippen LogP contribution < -0.4 is 18.4 Å². The average Bonchev–Trinajstić information content (AvgIpc) is 1.63. The summed E-state index contributed by atoms with van der Waals surface area (Å²) in [5.41, 5.74) is 30.1. The van der Waals surface area contributed by atoms with Crippen molar-refractivity contribution in [2.75, 3.05) is 77.5 Å². The maximum absolute atomic E-state index is 5.83. The number of aromatic nitrogens is 8. The summed E-state index contributed by atoms with van der Waals surface area (Å²) in [5, 5.41) is 10.5. The van der Waals surface area contributed by atoms with Crippen LogP contribution in [0.25, 0.3) is 0 Å². The fourth-order valence-corrected chi connectivity index (χ4v) is 16.9. The van der Waals surface area contributed by atoms with E-state index in [4.69, 9.17) is 9.47 Å². The number of hydrazone groups is 1. The first-order valence-electron chi connectivity index (χ1n) is 44.8. The van der Waals surface area contributed by atoms with Crippen molar-refractivity contribution in [3.63, 3.8) is 0 Å². The van der Waals surface area contributed by atoms with E-state index < -0.39 is 0 Å². The molecule has 11 heterocycles. The molecule has 0 saturated carbocycles. The number of hydrogen-bond donors (Lipinski definition) is 0. The topological polar surface area (TPSA) is 106 Å². The van der Waals surface area contributed by atoms with Crippen molar-refractivity contribution in [1.82, 2.24) is 44.2 Å². The van der Waals surface area contributed by atoms with Crippen LogP contribution in [0.2, 0.25) is 0 Å². The molecule has 0 bridgehead atoms. The first-order valence-corrected chi connectivity index (χ1v) is 44.8. The molecule has 0 aromatic carbocycles. The van der Waals surface area contributed by atoms with Crippen LogP contribution in [0.5, 0.6) is 0 Å². The molecule has 0 amide bonds. The van der Waals surface area contributed by atoms with E-state index in [1.165, 1.54) is 116 Å². The van der Waals surface area contributed by atoms with Gasteiger partial charge >= 0.3 is 0 Å². The highest BCUT2D eigenvalue weighted by molar-refractivity contribution is 5.80. The molecule has 19 nitrogen and oxygen atoms in total. The number of aryl methyl sites for hydroxylation is 6. The second kappa shape index (κ2) is 45.2. The molecule has 0 N–H and O–H groups in total. The Morgan fingerprint density at radius 3 is 0.916 bits per heavy atom. The van der Waals surface area contributed by atoms with Crippen LogP contribution in [0.3, 0.4) is 0 Å². The third kappa shape index (κ3) is 26.3. The zero-order valence-electron chi connectivity index (χ0n) is 88.7. The average molecular weight is 1660 g/mol. The maximum atomic E-state index is 5.83. The van der Waals surface area contributed by atoms with Crippen LogP contribution in [-0.2, 0) is 44.7 Å². The smallest absolute Gasteiger partial charge is 0.295 e. The van der Waals surface area contributed by atoms with Crippen LogP contribution in [-0.4, -0.2) is 208 Å². The number of likely N-dealkylation sites (tertiary alicyclic amines) is 2. The lowest BCUT2D eigenvalue weighted by Crippen LogP contribution is -2.65. The number of hydrogen-bond acceptors (Lipinski definition) is 11. The number of allylic oxidation sites excluding steroid dienone is 4. The van der Waals surface area contributed by atoms with Gasteiger partial charge < -0.3 is 47.1 Å². The summed E-state index contributed by atoms with van der Waals surface area (Å²) in [5.74, 6) is 7.53. The molecule has 5 aromatic heterocycles. The standard InChI is InChI=1S/C12H26N.C11H18N.C10H22NO.C10H22N.3C9H15N2.C9H15N.C8H16N2.C7H13NO.C6H13N3/c1-8-9(2)11(4)13(6,7)12(5)10(8)3;1-7-8(2)10(4)12(6)11(5)9(7)3;1-7-9(3)12-10(4)8(2)11(7,5)6;1-7-8(2)10(4)11(5,6)9(7)3;1-6-8(3)11(5)9(4)7(2)10-6;1-6-7(2)10-9(4)11(5)8(6)3;1-6-7(2)9(4)11(5)10-8(6)3;1-6-7(2)9(4)10(5)8(6)3;1-6-7(2)10(5)8(3)9(6)4;1-5-6(2)9-7(3)8(5)4;1-5-7-9(4)6(2)8(5)3/h8-12H,1-7H3;1-6H3;7-10H,1-6H3;7-10H,1-6H3;3*1-5H3;1-5H3;8H,1-5H3;7H,1-4H3;6H,1-4H3/q7*+1;;;;. The fourth-order valence-electron chi connectivity index (χ4n) is 16.9. The summed E-state index contributed by atoms with van der Waals surface area (Å²) in [6.07, 6.45) is 1.94. The minimum absolute atomic E-state index is 0.227. The molecule has 3 saturated heterocycles. The van der Waals surface area contributed by atoms with Gasteiger partial charge in [0.1, 0.15) is 78.9 Å². The van der Waals surface area contributed by atoms with Gasteiger partial charge in [-0.3, -0.25) is 5.01 Å². The molecule has 5 aromatic rings. The number of likely N-dealkylation sites (N-methyl/N-ethyl adjacent to an activating group) is 1. The van der Waals surface area contributed by atoms with Crippen LogP contribution in [0.15, 0.2) is 28.0 Å². The fraction of sp³-hybridized carbons (Fsp3) is 0.740. The minimum Gasteiger partial charge on any atom is -0.474 e. The molecule has 0 radical (unpaired) electrons. The van der Waals surface area contributed by atoms with E-state index in [1.807, 2.05) is 93.4 Å². The van der Waals surface area contributed by atoms with Crippen molar-refractivity contribution >= 4 is 5.84 Å².